The SMILES string of the molecule is COc1cccc(C(=O)NC2CCCc3nc(-c4ccncc4)ncc32)c1. The Kier molecular flexibility index (Phi) is 4.78. The van der Waals surface area contributed by atoms with E-state index in [1.54, 1.807) is 31.6 Å². The van der Waals surface area contributed by atoms with Crippen LogP contribution in [0.3, 0.4) is 0 Å². The molecule has 1 aromatic carbocycles. The van der Waals surface area contributed by atoms with Crippen molar-refractivity contribution in [2.75, 3.05) is 7.11 Å². The third kappa shape index (κ3) is 3.65. The van der Waals surface area contributed by atoms with Gasteiger partial charge in [0.15, 0.2) is 5.82 Å². The van der Waals surface area contributed by atoms with Crippen LogP contribution in [0.25, 0.3) is 11.4 Å². The molecular formula is C21H20N4O2. The van der Waals surface area contributed by atoms with Gasteiger partial charge in [0.1, 0.15) is 5.75 Å². The van der Waals surface area contributed by atoms with Crippen LogP contribution in [0.5, 0.6) is 5.75 Å². The molecule has 4 rings (SSSR count). The number of benzene rings is 1. The van der Waals surface area contributed by atoms with Crippen LogP contribution >= 0.6 is 0 Å². The molecule has 27 heavy (non-hydrogen) atoms. The number of pyridine rings is 1. The Morgan fingerprint density at radius 1 is 1.22 bits per heavy atom. The minimum absolute atomic E-state index is 0.0843. The second-order valence-corrected chi connectivity index (χ2v) is 6.48. The summed E-state index contributed by atoms with van der Waals surface area (Å²) in [6, 6.07) is 10.9. The van der Waals surface area contributed by atoms with Gasteiger partial charge < -0.3 is 10.1 Å². The van der Waals surface area contributed by atoms with Gasteiger partial charge in [0, 0.05) is 41.0 Å². The molecule has 1 atom stereocenters. The van der Waals surface area contributed by atoms with E-state index in [1.165, 1.54) is 0 Å². The van der Waals surface area contributed by atoms with Crippen molar-refractivity contribution in [2.45, 2.75) is 25.3 Å². The van der Waals surface area contributed by atoms with E-state index in [9.17, 15) is 4.79 Å². The Morgan fingerprint density at radius 3 is 2.89 bits per heavy atom. The minimum Gasteiger partial charge on any atom is -0.497 e. The van der Waals surface area contributed by atoms with E-state index in [0.717, 1.165) is 36.1 Å². The summed E-state index contributed by atoms with van der Waals surface area (Å²) in [5, 5.41) is 3.12. The molecule has 1 aliphatic carbocycles. The fraction of sp³-hybridized carbons (Fsp3) is 0.238. The number of nitrogens with zero attached hydrogens (tertiary/aromatic N) is 3. The molecule has 0 spiro atoms. The Bertz CT molecular complexity index is 959. The molecule has 2 heterocycles. The highest BCUT2D eigenvalue weighted by Gasteiger charge is 2.24. The Hall–Kier alpha value is -3.28. The highest BCUT2D eigenvalue weighted by molar-refractivity contribution is 5.94. The summed E-state index contributed by atoms with van der Waals surface area (Å²) in [5.74, 6) is 1.23. The molecule has 2 aromatic heterocycles. The number of nitrogens with one attached hydrogen (secondary N) is 1. The molecule has 0 saturated heterocycles. The fourth-order valence-corrected chi connectivity index (χ4v) is 3.34. The average Bonchev–Trinajstić information content (AvgIpc) is 2.74. The van der Waals surface area contributed by atoms with Crippen LogP contribution in [0, 0.1) is 0 Å². The van der Waals surface area contributed by atoms with Crippen molar-refractivity contribution in [3.05, 3.63) is 71.8 Å². The number of methoxy groups -OCH3 is 1. The van der Waals surface area contributed by atoms with Gasteiger partial charge in [-0.25, -0.2) is 9.97 Å². The second kappa shape index (κ2) is 7.53. The normalized spacial score (nSPS) is 15.7. The quantitative estimate of drug-likeness (QED) is 0.772. The maximum Gasteiger partial charge on any atom is 0.251 e. The number of aromatic nitrogens is 3. The maximum atomic E-state index is 12.7. The molecule has 0 aliphatic heterocycles. The summed E-state index contributed by atoms with van der Waals surface area (Å²) in [6.07, 6.45) is 8.05. The number of rotatable bonds is 4. The third-order valence-electron chi connectivity index (χ3n) is 4.76. The van der Waals surface area contributed by atoms with E-state index in [1.807, 2.05) is 30.5 Å². The molecule has 3 aromatic rings. The van der Waals surface area contributed by atoms with Gasteiger partial charge in [-0.15, -0.1) is 0 Å². The smallest absolute Gasteiger partial charge is 0.251 e. The standard InChI is InChI=1S/C21H20N4O2/c1-27-16-5-2-4-15(12-16)21(26)25-19-7-3-6-18-17(19)13-23-20(24-18)14-8-10-22-11-9-14/h2,4-5,8-13,19H,3,6-7H2,1H3,(H,25,26). The van der Waals surface area contributed by atoms with E-state index >= 15 is 0 Å². The number of carbonyl (C=O) groups excluding carboxylic acids is 1. The zero-order valence-electron chi connectivity index (χ0n) is 15.1. The van der Waals surface area contributed by atoms with Crippen LogP contribution < -0.4 is 10.1 Å². The minimum atomic E-state index is -0.120. The first-order chi connectivity index (χ1) is 13.2. The molecule has 136 valence electrons. The summed E-state index contributed by atoms with van der Waals surface area (Å²) < 4.78 is 5.20. The number of hydrogen-bond acceptors (Lipinski definition) is 5. The predicted molar refractivity (Wildman–Crippen MR) is 101 cm³/mol. The molecule has 0 bridgehead atoms. The van der Waals surface area contributed by atoms with E-state index in [-0.39, 0.29) is 11.9 Å². The molecule has 0 radical (unpaired) electrons. The van der Waals surface area contributed by atoms with E-state index in [4.69, 9.17) is 9.72 Å². The maximum absolute atomic E-state index is 12.7. The molecular weight excluding hydrogens is 340 g/mol. The average molecular weight is 360 g/mol. The van der Waals surface area contributed by atoms with E-state index in [0.29, 0.717) is 17.1 Å². The van der Waals surface area contributed by atoms with Crippen molar-refractivity contribution in [2.24, 2.45) is 0 Å². The first-order valence-corrected chi connectivity index (χ1v) is 8.96. The predicted octanol–water partition coefficient (Wildman–Crippen LogP) is 3.35. The number of aryl methyl sites for hydroxylation is 1. The summed E-state index contributed by atoms with van der Waals surface area (Å²) >= 11 is 0. The molecule has 6 nitrogen and oxygen atoms in total. The highest BCUT2D eigenvalue weighted by Crippen LogP contribution is 2.30. The van der Waals surface area contributed by atoms with Crippen LogP contribution in [0.15, 0.2) is 55.0 Å². The van der Waals surface area contributed by atoms with Crippen molar-refractivity contribution >= 4 is 5.91 Å². The Morgan fingerprint density at radius 2 is 2.07 bits per heavy atom. The van der Waals surface area contributed by atoms with Crippen LogP contribution in [0.1, 0.15) is 40.5 Å². The molecule has 1 unspecified atom stereocenters. The van der Waals surface area contributed by atoms with E-state index < -0.39 is 0 Å². The first-order valence-electron chi connectivity index (χ1n) is 8.96. The van der Waals surface area contributed by atoms with Crippen molar-refractivity contribution in [1.82, 2.24) is 20.3 Å². The van der Waals surface area contributed by atoms with Crippen LogP contribution in [0.2, 0.25) is 0 Å². The van der Waals surface area contributed by atoms with Crippen molar-refractivity contribution in [3.63, 3.8) is 0 Å². The van der Waals surface area contributed by atoms with Crippen LogP contribution in [0.4, 0.5) is 0 Å². The Labute approximate surface area is 157 Å². The summed E-state index contributed by atoms with van der Waals surface area (Å²) in [4.78, 5) is 25.9. The lowest BCUT2D eigenvalue weighted by atomic mass is 9.92. The van der Waals surface area contributed by atoms with Gasteiger partial charge in [0.05, 0.1) is 13.2 Å². The summed E-state index contributed by atoms with van der Waals surface area (Å²) in [5.41, 5.74) is 3.51. The number of carbonyl (C=O) groups is 1. The molecule has 1 amide bonds. The van der Waals surface area contributed by atoms with E-state index in [2.05, 4.69) is 15.3 Å². The van der Waals surface area contributed by atoms with Gasteiger partial charge in [-0.05, 0) is 49.6 Å². The number of fused-ring (bicyclic) bond motifs is 1. The summed E-state index contributed by atoms with van der Waals surface area (Å²) in [6.45, 7) is 0. The second-order valence-electron chi connectivity index (χ2n) is 6.48. The fourth-order valence-electron chi connectivity index (χ4n) is 3.34. The molecule has 6 heteroatoms. The zero-order valence-corrected chi connectivity index (χ0v) is 15.1. The first kappa shape index (κ1) is 17.1. The highest BCUT2D eigenvalue weighted by atomic mass is 16.5. The largest absolute Gasteiger partial charge is 0.497 e. The van der Waals surface area contributed by atoms with Gasteiger partial charge in [0.2, 0.25) is 0 Å². The van der Waals surface area contributed by atoms with Gasteiger partial charge in [0.25, 0.3) is 5.91 Å². The third-order valence-corrected chi connectivity index (χ3v) is 4.76. The van der Waals surface area contributed by atoms with Crippen LogP contribution in [-0.2, 0) is 6.42 Å². The van der Waals surface area contributed by atoms with Gasteiger partial charge in [-0.1, -0.05) is 6.07 Å². The lowest BCUT2D eigenvalue weighted by molar-refractivity contribution is 0.0932. The number of hydrogen-bond donors (Lipinski definition) is 1. The lowest BCUT2D eigenvalue weighted by Crippen LogP contribution is -2.31. The van der Waals surface area contributed by atoms with Crippen molar-refractivity contribution in [1.29, 1.82) is 0 Å². The van der Waals surface area contributed by atoms with Crippen LogP contribution in [-0.4, -0.2) is 28.0 Å². The molecule has 1 aliphatic rings. The van der Waals surface area contributed by atoms with Gasteiger partial charge in [-0.2, -0.15) is 0 Å². The topological polar surface area (TPSA) is 77.0 Å². The zero-order chi connectivity index (χ0) is 18.6. The monoisotopic (exact) mass is 360 g/mol. The molecule has 0 fully saturated rings. The number of amides is 1. The van der Waals surface area contributed by atoms with Gasteiger partial charge in [-0.3, -0.25) is 9.78 Å². The lowest BCUT2D eigenvalue weighted by Gasteiger charge is -2.25. The van der Waals surface area contributed by atoms with Crippen molar-refractivity contribution < 1.29 is 9.53 Å². The number of ether oxygens (including phenoxy) is 1. The van der Waals surface area contributed by atoms with Crippen molar-refractivity contribution in [3.8, 4) is 17.1 Å². The van der Waals surface area contributed by atoms with Gasteiger partial charge >= 0.3 is 0 Å². The molecule has 1 N–H and O–H groups in total. The Balaban J connectivity index is 1.57. The summed E-state index contributed by atoms with van der Waals surface area (Å²) in [7, 11) is 1.59. The molecule has 0 saturated carbocycles.